The van der Waals surface area contributed by atoms with E-state index in [0.717, 1.165) is 38.0 Å². The van der Waals surface area contributed by atoms with Gasteiger partial charge in [-0.2, -0.15) is 0 Å². The van der Waals surface area contributed by atoms with Gasteiger partial charge in [-0.05, 0) is 18.3 Å². The molecule has 0 bridgehead atoms. The van der Waals surface area contributed by atoms with Crippen LogP contribution in [0.1, 0.15) is 59.8 Å². The Bertz CT molecular complexity index is 334. The largest absolute Gasteiger partial charge is 0.380 e. The lowest BCUT2D eigenvalue weighted by atomic mass is 9.68. The van der Waals surface area contributed by atoms with Gasteiger partial charge in [0.15, 0.2) is 0 Å². The van der Waals surface area contributed by atoms with Gasteiger partial charge in [0.05, 0.1) is 6.61 Å². The lowest BCUT2D eigenvalue weighted by Crippen LogP contribution is -2.44. The summed E-state index contributed by atoms with van der Waals surface area (Å²) in [7, 11) is 0. The number of carbonyl (C=O) groups is 1. The number of amides is 1. The first-order valence-corrected chi connectivity index (χ1v) is 8.07. The van der Waals surface area contributed by atoms with Crippen LogP contribution in [0.5, 0.6) is 0 Å². The first-order chi connectivity index (χ1) is 9.50. The Labute approximate surface area is 124 Å². The molecule has 3 nitrogen and oxygen atoms in total. The molecule has 0 aromatic carbocycles. The zero-order chi connectivity index (χ0) is 15.2. The number of likely N-dealkylation sites (tertiary alicyclic amines) is 1. The van der Waals surface area contributed by atoms with Gasteiger partial charge in [-0.3, -0.25) is 4.79 Å². The minimum atomic E-state index is 0.209. The molecular formula is C17H31NO2. The number of rotatable bonds is 8. The highest BCUT2D eigenvalue weighted by Gasteiger charge is 2.39. The molecule has 116 valence electrons. The molecule has 0 aromatic rings. The van der Waals surface area contributed by atoms with Crippen LogP contribution >= 0.6 is 0 Å². The molecule has 0 N–H and O–H groups in total. The molecule has 0 radical (unpaired) electrons. The topological polar surface area (TPSA) is 29.5 Å². The highest BCUT2D eigenvalue weighted by molar-refractivity contribution is 5.79. The predicted octanol–water partition coefficient (Wildman–Crippen LogP) is 3.99. The van der Waals surface area contributed by atoms with Gasteiger partial charge < -0.3 is 9.64 Å². The fraction of sp³-hybridized carbons (Fsp3) is 0.824. The summed E-state index contributed by atoms with van der Waals surface area (Å²) in [5, 5.41) is 0. The van der Waals surface area contributed by atoms with Crippen molar-refractivity contribution in [2.24, 2.45) is 11.3 Å². The molecule has 1 fully saturated rings. The molecular weight excluding hydrogens is 250 g/mol. The number of allylic oxidation sites excluding steroid dienone is 1. The summed E-state index contributed by atoms with van der Waals surface area (Å²) in [5.41, 5.74) is 1.26. The minimum Gasteiger partial charge on any atom is -0.380 e. The molecule has 1 saturated heterocycles. The summed E-state index contributed by atoms with van der Waals surface area (Å²) in [5.74, 6) is 0.627. The van der Waals surface area contributed by atoms with Crippen molar-refractivity contribution in [3.05, 3.63) is 12.3 Å². The Hall–Kier alpha value is -0.830. The van der Waals surface area contributed by atoms with Gasteiger partial charge >= 0.3 is 0 Å². The van der Waals surface area contributed by atoms with E-state index in [1.54, 1.807) is 0 Å². The van der Waals surface area contributed by atoms with Crippen LogP contribution in [0.4, 0.5) is 0 Å². The van der Waals surface area contributed by atoms with Gasteiger partial charge in [0, 0.05) is 31.2 Å². The van der Waals surface area contributed by atoms with E-state index >= 15 is 0 Å². The van der Waals surface area contributed by atoms with Crippen molar-refractivity contribution in [2.75, 3.05) is 19.8 Å². The third kappa shape index (κ3) is 3.85. The van der Waals surface area contributed by atoms with Crippen molar-refractivity contribution in [1.29, 1.82) is 0 Å². The SMILES string of the molecule is C=C1C(C(C)(CC)CC)CCC(=O)N1CCOCCC. The predicted molar refractivity (Wildman–Crippen MR) is 83.4 cm³/mol. The average molecular weight is 281 g/mol. The van der Waals surface area contributed by atoms with Crippen molar-refractivity contribution in [1.82, 2.24) is 4.90 Å². The summed E-state index contributed by atoms with van der Waals surface area (Å²) in [6.45, 7) is 15.2. The van der Waals surface area contributed by atoms with Gasteiger partial charge in [-0.15, -0.1) is 0 Å². The maximum atomic E-state index is 12.1. The van der Waals surface area contributed by atoms with Crippen LogP contribution in [0.2, 0.25) is 0 Å². The van der Waals surface area contributed by atoms with Gasteiger partial charge in [-0.1, -0.05) is 47.1 Å². The third-order valence-corrected chi connectivity index (χ3v) is 4.96. The molecule has 1 aliphatic heterocycles. The molecule has 0 saturated carbocycles. The number of nitrogens with zero attached hydrogens (tertiary/aromatic N) is 1. The van der Waals surface area contributed by atoms with Crippen LogP contribution in [0.3, 0.4) is 0 Å². The first-order valence-electron chi connectivity index (χ1n) is 8.07. The lowest BCUT2D eigenvalue weighted by molar-refractivity contribution is -0.133. The van der Waals surface area contributed by atoms with Crippen LogP contribution in [0.15, 0.2) is 12.3 Å². The number of hydrogen-bond donors (Lipinski definition) is 0. The lowest BCUT2D eigenvalue weighted by Gasteiger charge is -2.44. The van der Waals surface area contributed by atoms with Gasteiger partial charge in [0.25, 0.3) is 0 Å². The second-order valence-corrected chi connectivity index (χ2v) is 6.10. The molecule has 0 aromatic heterocycles. The minimum absolute atomic E-state index is 0.209. The molecule has 20 heavy (non-hydrogen) atoms. The highest BCUT2D eigenvalue weighted by atomic mass is 16.5. The molecule has 0 aliphatic carbocycles. The van der Waals surface area contributed by atoms with Crippen molar-refractivity contribution in [2.45, 2.75) is 59.8 Å². The van der Waals surface area contributed by atoms with Crippen molar-refractivity contribution < 1.29 is 9.53 Å². The molecule has 3 heteroatoms. The second kappa shape index (κ2) is 7.82. The summed E-state index contributed by atoms with van der Waals surface area (Å²) in [6, 6.07) is 0. The molecule has 1 unspecified atom stereocenters. The van der Waals surface area contributed by atoms with Crippen LogP contribution in [0.25, 0.3) is 0 Å². The van der Waals surface area contributed by atoms with Crippen LogP contribution < -0.4 is 0 Å². The summed E-state index contributed by atoms with van der Waals surface area (Å²) < 4.78 is 5.52. The Kier molecular flexibility index (Phi) is 6.74. The number of hydrogen-bond acceptors (Lipinski definition) is 2. The van der Waals surface area contributed by atoms with E-state index in [9.17, 15) is 4.79 Å². The average Bonchev–Trinajstić information content (AvgIpc) is 2.45. The van der Waals surface area contributed by atoms with E-state index in [1.165, 1.54) is 0 Å². The van der Waals surface area contributed by atoms with Crippen LogP contribution in [0, 0.1) is 11.3 Å². The maximum absolute atomic E-state index is 12.1. The fourth-order valence-corrected chi connectivity index (χ4v) is 3.08. The molecule has 1 aliphatic rings. The maximum Gasteiger partial charge on any atom is 0.226 e. The van der Waals surface area contributed by atoms with Crippen LogP contribution in [-0.4, -0.2) is 30.6 Å². The summed E-state index contributed by atoms with van der Waals surface area (Å²) >= 11 is 0. The van der Waals surface area contributed by atoms with Gasteiger partial charge in [-0.25, -0.2) is 0 Å². The van der Waals surface area contributed by atoms with Gasteiger partial charge in [0.2, 0.25) is 5.91 Å². The monoisotopic (exact) mass is 281 g/mol. The van der Waals surface area contributed by atoms with Crippen molar-refractivity contribution in [3.63, 3.8) is 0 Å². The molecule has 0 spiro atoms. The second-order valence-electron chi connectivity index (χ2n) is 6.10. The molecule has 1 heterocycles. The summed E-state index contributed by atoms with van der Waals surface area (Å²) in [4.78, 5) is 14.0. The number of carbonyl (C=O) groups excluding carboxylic acids is 1. The Morgan fingerprint density at radius 2 is 1.95 bits per heavy atom. The Balaban J connectivity index is 2.69. The van der Waals surface area contributed by atoms with E-state index in [-0.39, 0.29) is 11.3 Å². The summed E-state index contributed by atoms with van der Waals surface area (Å²) in [6.07, 6.45) is 4.86. The quantitative estimate of drug-likeness (QED) is 0.630. The molecule has 1 atom stereocenters. The first kappa shape index (κ1) is 17.2. The molecule has 1 amide bonds. The van der Waals surface area contributed by atoms with Gasteiger partial charge in [0.1, 0.15) is 0 Å². The fourth-order valence-electron chi connectivity index (χ4n) is 3.08. The van der Waals surface area contributed by atoms with E-state index in [2.05, 4.69) is 34.3 Å². The number of piperidine rings is 1. The number of ether oxygens (including phenoxy) is 1. The van der Waals surface area contributed by atoms with E-state index in [4.69, 9.17) is 4.74 Å². The third-order valence-electron chi connectivity index (χ3n) is 4.96. The van der Waals surface area contributed by atoms with E-state index < -0.39 is 0 Å². The zero-order valence-corrected chi connectivity index (χ0v) is 13.7. The smallest absolute Gasteiger partial charge is 0.226 e. The van der Waals surface area contributed by atoms with E-state index in [0.29, 0.717) is 25.5 Å². The Morgan fingerprint density at radius 3 is 2.50 bits per heavy atom. The highest BCUT2D eigenvalue weighted by Crippen LogP contribution is 2.44. The van der Waals surface area contributed by atoms with Crippen LogP contribution in [-0.2, 0) is 9.53 Å². The standard InChI is InChI=1S/C17H31NO2/c1-6-12-20-13-11-18-14(4)15(9-10-16(18)19)17(5,7-2)8-3/h15H,4,6-13H2,1-3,5H3. The zero-order valence-electron chi connectivity index (χ0n) is 13.7. The molecule has 1 rings (SSSR count). The Morgan fingerprint density at radius 1 is 1.30 bits per heavy atom. The normalized spacial score (nSPS) is 20.6. The van der Waals surface area contributed by atoms with Crippen molar-refractivity contribution in [3.8, 4) is 0 Å². The van der Waals surface area contributed by atoms with Crippen molar-refractivity contribution >= 4 is 5.91 Å². The van der Waals surface area contributed by atoms with E-state index in [1.807, 2.05) is 4.90 Å².